The molecule has 0 rings (SSSR count). The molecule has 0 spiro atoms. The maximum atomic E-state index is 13.2. The number of hydrogen-bond acceptors (Lipinski definition) is 3. The maximum absolute atomic E-state index is 13.2. The smallest absolute Gasteiger partial charge is 0.377 e. The first-order chi connectivity index (χ1) is 15.4. The second kappa shape index (κ2) is 16.3. The Hall–Kier alpha value is -0.393. The van der Waals surface area contributed by atoms with Crippen LogP contribution in [-0.2, 0) is 13.3 Å². The van der Waals surface area contributed by atoms with Crippen LogP contribution in [0.1, 0.15) is 96.3 Å². The Morgan fingerprint density at radius 2 is 0.788 bits per heavy atom. The SMILES string of the molecule is CO[Si](CCCCCCCCCCCCCCCCC(F)(F)C(F)(F)C(F)(F)F)(OC)OC. The summed E-state index contributed by atoms with van der Waals surface area (Å²) in [5, 5.41) is 0. The Kier molecular flexibility index (Phi) is 16.1. The van der Waals surface area contributed by atoms with Crippen LogP contribution in [0.15, 0.2) is 0 Å². The molecule has 11 heteroatoms. The molecule has 0 heterocycles. The van der Waals surface area contributed by atoms with Crippen LogP contribution in [0.4, 0.5) is 30.7 Å². The molecule has 3 nitrogen and oxygen atoms in total. The van der Waals surface area contributed by atoms with E-state index in [2.05, 4.69) is 0 Å². The predicted molar refractivity (Wildman–Crippen MR) is 117 cm³/mol. The molecule has 0 saturated carbocycles. The van der Waals surface area contributed by atoms with E-state index in [-0.39, 0.29) is 12.8 Å². The third-order valence-corrected chi connectivity index (χ3v) is 8.80. The van der Waals surface area contributed by atoms with Crippen molar-refractivity contribution in [2.75, 3.05) is 21.3 Å². The van der Waals surface area contributed by atoms with Crippen LogP contribution in [0.3, 0.4) is 0 Å². The van der Waals surface area contributed by atoms with E-state index in [1.165, 1.54) is 12.8 Å². The van der Waals surface area contributed by atoms with Crippen molar-refractivity contribution in [1.82, 2.24) is 0 Å². The first-order valence-electron chi connectivity index (χ1n) is 11.9. The van der Waals surface area contributed by atoms with E-state index >= 15 is 0 Å². The second-order valence-electron chi connectivity index (χ2n) is 8.52. The van der Waals surface area contributed by atoms with Gasteiger partial charge in [0, 0.05) is 33.8 Å². The molecular weight excluding hydrogens is 473 g/mol. The van der Waals surface area contributed by atoms with E-state index in [4.69, 9.17) is 13.3 Å². The zero-order valence-electron chi connectivity index (χ0n) is 20.2. The molecule has 33 heavy (non-hydrogen) atoms. The lowest BCUT2D eigenvalue weighted by molar-refractivity contribution is -0.355. The quantitative estimate of drug-likeness (QED) is 0.0872. The molecule has 0 aliphatic rings. The van der Waals surface area contributed by atoms with Gasteiger partial charge in [0.25, 0.3) is 0 Å². The third kappa shape index (κ3) is 12.2. The summed E-state index contributed by atoms with van der Waals surface area (Å²) in [4.78, 5) is 0. The highest BCUT2D eigenvalue weighted by Crippen LogP contribution is 2.48. The highest BCUT2D eigenvalue weighted by Gasteiger charge is 2.72. The fraction of sp³-hybridized carbons (Fsp3) is 1.00. The summed E-state index contributed by atoms with van der Waals surface area (Å²) in [6, 6.07) is 0.818. The summed E-state index contributed by atoms with van der Waals surface area (Å²) in [5.41, 5.74) is 0. The molecule has 0 amide bonds. The van der Waals surface area contributed by atoms with Gasteiger partial charge >= 0.3 is 26.8 Å². The summed E-state index contributed by atoms with van der Waals surface area (Å²) in [5.74, 6) is -11.0. The van der Waals surface area contributed by atoms with Crippen molar-refractivity contribution in [3.63, 3.8) is 0 Å². The van der Waals surface area contributed by atoms with Crippen molar-refractivity contribution in [3.8, 4) is 0 Å². The van der Waals surface area contributed by atoms with Gasteiger partial charge in [0.2, 0.25) is 0 Å². The zero-order chi connectivity index (χ0) is 25.4. The largest absolute Gasteiger partial charge is 0.500 e. The summed E-state index contributed by atoms with van der Waals surface area (Å²) in [6.07, 6.45) is 4.50. The van der Waals surface area contributed by atoms with Crippen molar-refractivity contribution in [1.29, 1.82) is 0 Å². The van der Waals surface area contributed by atoms with Crippen molar-refractivity contribution >= 4 is 8.80 Å². The van der Waals surface area contributed by atoms with Crippen LogP contribution in [0.25, 0.3) is 0 Å². The van der Waals surface area contributed by atoms with Crippen LogP contribution in [0.2, 0.25) is 6.04 Å². The van der Waals surface area contributed by atoms with E-state index in [1.807, 2.05) is 0 Å². The van der Waals surface area contributed by atoms with Gasteiger partial charge < -0.3 is 13.3 Å². The van der Waals surface area contributed by atoms with Crippen molar-refractivity contribution in [2.24, 2.45) is 0 Å². The molecule has 0 aromatic rings. The first-order valence-corrected chi connectivity index (χ1v) is 13.8. The van der Waals surface area contributed by atoms with Crippen LogP contribution in [0, 0.1) is 0 Å². The minimum absolute atomic E-state index is 0.228. The van der Waals surface area contributed by atoms with Gasteiger partial charge in [-0.25, -0.2) is 0 Å². The number of halogens is 7. The van der Waals surface area contributed by atoms with Crippen LogP contribution in [-0.4, -0.2) is 48.2 Å². The van der Waals surface area contributed by atoms with E-state index < -0.39 is 33.2 Å². The first kappa shape index (κ1) is 32.6. The Balaban J connectivity index is 3.56. The van der Waals surface area contributed by atoms with Crippen molar-refractivity contribution < 1.29 is 44.0 Å². The summed E-state index contributed by atoms with van der Waals surface area (Å²) < 4.78 is 104. The topological polar surface area (TPSA) is 27.7 Å². The number of unbranched alkanes of at least 4 members (excludes halogenated alkanes) is 13. The monoisotopic (exact) mass is 514 g/mol. The third-order valence-electron chi connectivity index (χ3n) is 5.97. The Morgan fingerprint density at radius 3 is 1.09 bits per heavy atom. The van der Waals surface area contributed by atoms with E-state index in [0.717, 1.165) is 63.8 Å². The minimum atomic E-state index is -6.23. The Bertz CT molecular complexity index is 479. The standard InChI is InChI=1S/C22H41F7O3Si/c1-30-33(31-2,32-3)19-17-15-13-11-9-7-5-4-6-8-10-12-14-16-18-20(23,24)21(25,26)22(27,28)29/h4-19H2,1-3H3. The van der Waals surface area contributed by atoms with Gasteiger partial charge in [-0.05, 0) is 12.8 Å². The minimum Gasteiger partial charge on any atom is -0.377 e. The van der Waals surface area contributed by atoms with Crippen molar-refractivity contribution in [3.05, 3.63) is 0 Å². The van der Waals surface area contributed by atoms with E-state index in [1.54, 1.807) is 21.3 Å². The summed E-state index contributed by atoms with van der Waals surface area (Å²) in [7, 11) is 2.40. The Morgan fingerprint density at radius 1 is 0.485 bits per heavy atom. The summed E-state index contributed by atoms with van der Waals surface area (Å²) >= 11 is 0. The van der Waals surface area contributed by atoms with E-state index in [0.29, 0.717) is 6.42 Å². The summed E-state index contributed by atoms with van der Waals surface area (Å²) in [6.45, 7) is 0. The van der Waals surface area contributed by atoms with Gasteiger partial charge in [0.05, 0.1) is 0 Å². The number of rotatable bonds is 21. The molecule has 0 saturated heterocycles. The van der Waals surface area contributed by atoms with E-state index in [9.17, 15) is 30.7 Å². The normalized spacial score (nSPS) is 13.6. The zero-order valence-corrected chi connectivity index (χ0v) is 21.2. The molecular formula is C22H41F7O3Si. The fourth-order valence-electron chi connectivity index (χ4n) is 3.73. The fourth-order valence-corrected chi connectivity index (χ4v) is 5.53. The van der Waals surface area contributed by atoms with Gasteiger partial charge in [-0.2, -0.15) is 30.7 Å². The molecule has 0 aliphatic heterocycles. The van der Waals surface area contributed by atoms with Gasteiger partial charge in [0.15, 0.2) is 0 Å². The number of hydrogen-bond donors (Lipinski definition) is 0. The molecule has 0 aliphatic carbocycles. The molecule has 0 fully saturated rings. The van der Waals surface area contributed by atoms with Crippen LogP contribution in [0.5, 0.6) is 0 Å². The highest BCUT2D eigenvalue weighted by atomic mass is 28.4. The molecule has 0 radical (unpaired) electrons. The average Bonchev–Trinajstić information content (AvgIpc) is 2.75. The van der Waals surface area contributed by atoms with Gasteiger partial charge in [0.1, 0.15) is 0 Å². The second-order valence-corrected chi connectivity index (χ2v) is 11.6. The van der Waals surface area contributed by atoms with Crippen molar-refractivity contribution in [2.45, 2.75) is 120 Å². The molecule has 200 valence electrons. The molecule has 0 atom stereocenters. The number of alkyl halides is 7. The molecule has 0 N–H and O–H groups in total. The molecule has 0 unspecified atom stereocenters. The van der Waals surface area contributed by atoms with Gasteiger partial charge in [-0.1, -0.05) is 77.0 Å². The average molecular weight is 515 g/mol. The lowest BCUT2D eigenvalue weighted by Crippen LogP contribution is -2.51. The predicted octanol–water partition coefficient (Wildman–Crippen LogP) is 8.55. The lowest BCUT2D eigenvalue weighted by Gasteiger charge is -2.28. The van der Waals surface area contributed by atoms with Crippen LogP contribution >= 0.6 is 0 Å². The lowest BCUT2D eigenvalue weighted by atomic mass is 10.0. The van der Waals surface area contributed by atoms with Crippen LogP contribution < -0.4 is 0 Å². The highest BCUT2D eigenvalue weighted by molar-refractivity contribution is 6.60. The molecule has 0 bridgehead atoms. The van der Waals surface area contributed by atoms with Gasteiger partial charge in [-0.3, -0.25) is 0 Å². The maximum Gasteiger partial charge on any atom is 0.500 e. The molecule has 0 aromatic heterocycles. The van der Waals surface area contributed by atoms with Gasteiger partial charge in [-0.15, -0.1) is 0 Å². The Labute approximate surface area is 195 Å². The molecule has 0 aromatic carbocycles.